The van der Waals surface area contributed by atoms with Gasteiger partial charge in [0.15, 0.2) is 0 Å². The second kappa shape index (κ2) is 6.66. The van der Waals surface area contributed by atoms with Crippen LogP contribution in [0.2, 0.25) is 0 Å². The Kier molecular flexibility index (Phi) is 5.58. The molecule has 0 bridgehead atoms. The second-order valence-electron chi connectivity index (χ2n) is 4.77. The van der Waals surface area contributed by atoms with Gasteiger partial charge in [-0.25, -0.2) is 8.98 Å². The zero-order chi connectivity index (χ0) is 17.1. The van der Waals surface area contributed by atoms with Crippen LogP contribution in [0.25, 0.3) is 0 Å². The number of rotatable bonds is 5. The fourth-order valence-electron chi connectivity index (χ4n) is 1.41. The summed E-state index contributed by atoms with van der Waals surface area (Å²) < 4.78 is 70.7. The molecule has 0 aliphatic carbocycles. The number of hydrogen-bond donors (Lipinski definition) is 0. The number of carbonyl (C=O) groups is 1. The zero-order valence-electron chi connectivity index (χ0n) is 12.0. The molecule has 22 heavy (non-hydrogen) atoms. The lowest BCUT2D eigenvalue weighted by Gasteiger charge is -2.20. The molecule has 5 nitrogen and oxygen atoms in total. The Bertz CT molecular complexity index is 620. The van der Waals surface area contributed by atoms with E-state index in [1.165, 1.54) is 26.0 Å². The van der Waals surface area contributed by atoms with Crippen molar-refractivity contribution in [3.63, 3.8) is 0 Å². The third kappa shape index (κ3) is 4.99. The molecule has 0 saturated carbocycles. The van der Waals surface area contributed by atoms with Gasteiger partial charge in [-0.1, -0.05) is 17.7 Å². The van der Waals surface area contributed by atoms with Crippen LogP contribution in [0.5, 0.6) is 0 Å². The molecular weight excluding hydrogens is 325 g/mol. The lowest BCUT2D eigenvalue weighted by atomic mass is 10.2. The summed E-state index contributed by atoms with van der Waals surface area (Å²) in [5.74, 6) is -1.81. The first-order chi connectivity index (χ1) is 9.93. The van der Waals surface area contributed by atoms with Crippen molar-refractivity contribution >= 4 is 16.1 Å². The zero-order valence-corrected chi connectivity index (χ0v) is 12.9. The van der Waals surface area contributed by atoms with Crippen molar-refractivity contribution in [3.8, 4) is 0 Å². The minimum atomic E-state index is -5.22. The lowest BCUT2D eigenvalue weighted by Crippen LogP contribution is -2.42. The third-order valence-corrected chi connectivity index (χ3v) is 3.69. The maximum absolute atomic E-state index is 12.8. The fourth-order valence-corrected chi connectivity index (χ4v) is 2.43. The normalized spacial score (nSPS) is 14.0. The topological polar surface area (TPSA) is 69.7 Å². The summed E-state index contributed by atoms with van der Waals surface area (Å²) in [5, 5.41) is 0. The minimum absolute atomic E-state index is 0.482. The van der Waals surface area contributed by atoms with Crippen molar-refractivity contribution in [2.24, 2.45) is 0 Å². The van der Waals surface area contributed by atoms with Crippen LogP contribution in [0.4, 0.5) is 13.2 Å². The number of aryl methyl sites for hydroxylation is 1. The van der Waals surface area contributed by atoms with Crippen LogP contribution in [0, 0.1) is 6.92 Å². The number of halogens is 3. The van der Waals surface area contributed by atoms with Crippen LogP contribution in [0.15, 0.2) is 29.2 Å². The van der Waals surface area contributed by atoms with E-state index in [2.05, 4.69) is 8.92 Å². The number of ether oxygens (including phenoxy) is 1. The maximum Gasteiger partial charge on any atom is 0.427 e. The van der Waals surface area contributed by atoms with Gasteiger partial charge in [-0.15, -0.1) is 0 Å². The molecule has 1 aromatic carbocycles. The molecule has 0 spiro atoms. The van der Waals surface area contributed by atoms with E-state index in [4.69, 9.17) is 0 Å². The van der Waals surface area contributed by atoms with E-state index in [-0.39, 0.29) is 0 Å². The van der Waals surface area contributed by atoms with E-state index in [1.807, 2.05) is 0 Å². The van der Waals surface area contributed by atoms with E-state index >= 15 is 0 Å². The van der Waals surface area contributed by atoms with Crippen molar-refractivity contribution in [1.82, 2.24) is 0 Å². The Morgan fingerprint density at radius 1 is 1.14 bits per heavy atom. The van der Waals surface area contributed by atoms with Crippen molar-refractivity contribution in [2.75, 3.05) is 0 Å². The molecule has 0 N–H and O–H groups in total. The van der Waals surface area contributed by atoms with Crippen LogP contribution in [-0.4, -0.2) is 32.8 Å². The van der Waals surface area contributed by atoms with Crippen LogP contribution in [-0.2, 0) is 23.8 Å². The van der Waals surface area contributed by atoms with Gasteiger partial charge in [0.25, 0.3) is 16.2 Å². The number of hydrogen-bond acceptors (Lipinski definition) is 5. The highest BCUT2D eigenvalue weighted by molar-refractivity contribution is 7.86. The maximum atomic E-state index is 12.8. The molecule has 0 fully saturated rings. The molecule has 9 heteroatoms. The first kappa shape index (κ1) is 18.4. The number of carbonyl (C=O) groups excluding carboxylic acids is 1. The number of esters is 1. The highest BCUT2D eigenvalue weighted by atomic mass is 32.2. The van der Waals surface area contributed by atoms with Gasteiger partial charge in [0, 0.05) is 0 Å². The average Bonchev–Trinajstić information content (AvgIpc) is 2.34. The van der Waals surface area contributed by atoms with Crippen molar-refractivity contribution < 1.29 is 35.3 Å². The summed E-state index contributed by atoms with van der Waals surface area (Å²) in [5.41, 5.74) is 0.713. The molecule has 0 heterocycles. The molecule has 0 aromatic heterocycles. The van der Waals surface area contributed by atoms with E-state index in [1.54, 1.807) is 6.92 Å². The van der Waals surface area contributed by atoms with Crippen LogP contribution < -0.4 is 0 Å². The molecule has 1 unspecified atom stereocenters. The van der Waals surface area contributed by atoms with Gasteiger partial charge < -0.3 is 4.74 Å². The van der Waals surface area contributed by atoms with Gasteiger partial charge >= 0.3 is 12.1 Å². The molecule has 0 amide bonds. The Hall–Kier alpha value is -1.61. The average molecular weight is 340 g/mol. The SMILES string of the molecule is Cc1ccc(S(=O)(=O)OC(C(=O)OC(C)C)C(F)(F)F)cc1. The van der Waals surface area contributed by atoms with Crippen molar-refractivity contribution in [3.05, 3.63) is 29.8 Å². The molecule has 1 aromatic rings. The monoisotopic (exact) mass is 340 g/mol. The molecule has 1 rings (SSSR count). The highest BCUT2D eigenvalue weighted by Gasteiger charge is 2.50. The van der Waals surface area contributed by atoms with Gasteiger partial charge in [0.2, 0.25) is 0 Å². The Morgan fingerprint density at radius 3 is 2.05 bits per heavy atom. The Balaban J connectivity index is 3.08. The van der Waals surface area contributed by atoms with Crippen molar-refractivity contribution in [1.29, 1.82) is 0 Å². The van der Waals surface area contributed by atoms with Crippen LogP contribution >= 0.6 is 0 Å². The van der Waals surface area contributed by atoms with Gasteiger partial charge in [-0.05, 0) is 32.9 Å². The predicted molar refractivity (Wildman–Crippen MR) is 70.5 cm³/mol. The number of benzene rings is 1. The minimum Gasteiger partial charge on any atom is -0.461 e. The Labute approximate surface area is 126 Å². The molecule has 124 valence electrons. The van der Waals surface area contributed by atoms with Gasteiger partial charge in [-0.2, -0.15) is 21.6 Å². The molecule has 0 saturated heterocycles. The molecule has 0 radical (unpaired) electrons. The highest BCUT2D eigenvalue weighted by Crippen LogP contribution is 2.28. The van der Waals surface area contributed by atoms with Crippen LogP contribution in [0.3, 0.4) is 0 Å². The van der Waals surface area contributed by atoms with E-state index in [0.717, 1.165) is 12.1 Å². The summed E-state index contributed by atoms with van der Waals surface area (Å²) in [7, 11) is -4.76. The standard InChI is InChI=1S/C13H15F3O5S/c1-8(2)20-12(17)11(13(14,15)16)21-22(18,19)10-6-4-9(3)5-7-10/h4-8,11H,1-3H3. The van der Waals surface area contributed by atoms with Crippen LogP contribution in [0.1, 0.15) is 19.4 Å². The van der Waals surface area contributed by atoms with E-state index in [0.29, 0.717) is 5.56 Å². The molecule has 1 atom stereocenters. The smallest absolute Gasteiger partial charge is 0.427 e. The third-order valence-electron chi connectivity index (χ3n) is 2.40. The van der Waals surface area contributed by atoms with Gasteiger partial charge in [0.1, 0.15) is 0 Å². The summed E-state index contributed by atoms with van der Waals surface area (Å²) >= 11 is 0. The summed E-state index contributed by atoms with van der Waals surface area (Å²) in [4.78, 5) is 11.0. The van der Waals surface area contributed by atoms with Crippen molar-refractivity contribution in [2.45, 2.75) is 44.1 Å². The summed E-state index contributed by atoms with van der Waals surface area (Å²) in [6.45, 7) is 4.34. The predicted octanol–water partition coefficient (Wildman–Crippen LogP) is 2.58. The quantitative estimate of drug-likeness (QED) is 0.609. The first-order valence-electron chi connectivity index (χ1n) is 6.20. The van der Waals surface area contributed by atoms with E-state index < -0.39 is 39.4 Å². The molecule has 0 aliphatic heterocycles. The largest absolute Gasteiger partial charge is 0.461 e. The lowest BCUT2D eigenvalue weighted by molar-refractivity contribution is -0.212. The Morgan fingerprint density at radius 2 is 1.64 bits per heavy atom. The number of alkyl halides is 3. The fraction of sp³-hybridized carbons (Fsp3) is 0.462. The van der Waals surface area contributed by atoms with Gasteiger partial charge in [-0.3, -0.25) is 0 Å². The first-order valence-corrected chi connectivity index (χ1v) is 7.61. The molecule has 0 aliphatic rings. The van der Waals surface area contributed by atoms with E-state index in [9.17, 15) is 26.4 Å². The second-order valence-corrected chi connectivity index (χ2v) is 6.34. The molecular formula is C13H15F3O5S. The van der Waals surface area contributed by atoms with Gasteiger partial charge in [0.05, 0.1) is 11.0 Å². The summed E-state index contributed by atoms with van der Waals surface area (Å²) in [6, 6.07) is 4.97. The summed E-state index contributed by atoms with van der Waals surface area (Å²) in [6.07, 6.45) is -9.27.